The molecule has 2 aromatic heterocycles. The molecular weight excluding hydrogens is 423 g/mol. The van der Waals surface area contributed by atoms with Gasteiger partial charge < -0.3 is 5.32 Å². The second-order valence-corrected chi connectivity index (χ2v) is 9.09. The van der Waals surface area contributed by atoms with Crippen LogP contribution in [0.3, 0.4) is 0 Å². The van der Waals surface area contributed by atoms with Crippen molar-refractivity contribution < 1.29 is 26.4 Å². The molecular formula is C18H16F3N5O3S. The molecule has 0 spiro atoms. The van der Waals surface area contributed by atoms with E-state index in [0.29, 0.717) is 17.9 Å². The zero-order valence-electron chi connectivity index (χ0n) is 15.4. The number of benzene rings is 1. The van der Waals surface area contributed by atoms with Crippen molar-refractivity contribution in [1.82, 2.24) is 19.6 Å². The van der Waals surface area contributed by atoms with Crippen LogP contribution >= 0.6 is 0 Å². The van der Waals surface area contributed by atoms with Crippen molar-refractivity contribution in [2.75, 3.05) is 16.8 Å². The fourth-order valence-corrected chi connectivity index (χ4v) is 4.94. The van der Waals surface area contributed by atoms with Gasteiger partial charge in [-0.3, -0.25) is 4.79 Å². The monoisotopic (exact) mass is 439 g/mol. The summed E-state index contributed by atoms with van der Waals surface area (Å²) in [7, 11) is -3.11. The molecule has 30 heavy (non-hydrogen) atoms. The molecule has 0 saturated carbocycles. The lowest BCUT2D eigenvalue weighted by Gasteiger charge is -2.14. The van der Waals surface area contributed by atoms with Crippen LogP contribution in [-0.2, 0) is 16.0 Å². The molecule has 1 aliphatic rings. The van der Waals surface area contributed by atoms with Crippen LogP contribution in [-0.4, -0.2) is 45.4 Å². The average Bonchev–Trinajstić information content (AvgIpc) is 3.40. The van der Waals surface area contributed by atoms with E-state index in [1.165, 1.54) is 41.3 Å². The number of rotatable bonds is 4. The van der Waals surface area contributed by atoms with E-state index in [2.05, 4.69) is 15.5 Å². The van der Waals surface area contributed by atoms with Gasteiger partial charge in [0.1, 0.15) is 5.82 Å². The third-order valence-electron chi connectivity index (χ3n) is 4.74. The number of nitrogens with zero attached hydrogens (tertiary/aromatic N) is 4. The first kappa shape index (κ1) is 20.1. The average molecular weight is 439 g/mol. The molecule has 1 N–H and O–H groups in total. The molecule has 4 rings (SSSR count). The van der Waals surface area contributed by atoms with Crippen molar-refractivity contribution in [2.24, 2.45) is 0 Å². The zero-order valence-corrected chi connectivity index (χ0v) is 16.2. The number of alkyl halides is 3. The van der Waals surface area contributed by atoms with Gasteiger partial charge in [0.05, 0.1) is 29.4 Å². The quantitative estimate of drug-likeness (QED) is 0.674. The molecule has 0 unspecified atom stereocenters. The Hall–Kier alpha value is -3.15. The number of nitrogens with one attached hydrogen (secondary N) is 1. The molecule has 158 valence electrons. The van der Waals surface area contributed by atoms with Gasteiger partial charge in [-0.15, -0.1) is 0 Å². The summed E-state index contributed by atoms with van der Waals surface area (Å²) in [5, 5.41) is 10.3. The molecule has 1 aliphatic heterocycles. The van der Waals surface area contributed by atoms with Gasteiger partial charge in [-0.25, -0.2) is 17.8 Å². The summed E-state index contributed by atoms with van der Waals surface area (Å²) in [5.74, 6) is -0.0417. The molecule has 1 saturated heterocycles. The van der Waals surface area contributed by atoms with Crippen LogP contribution in [0.4, 0.5) is 19.0 Å². The fraction of sp³-hybridized carbons (Fsp3) is 0.278. The maximum atomic E-state index is 12.7. The third kappa shape index (κ3) is 4.08. The summed E-state index contributed by atoms with van der Waals surface area (Å²) >= 11 is 0. The van der Waals surface area contributed by atoms with E-state index in [4.69, 9.17) is 0 Å². The van der Waals surface area contributed by atoms with E-state index in [-0.39, 0.29) is 23.1 Å². The van der Waals surface area contributed by atoms with E-state index in [1.54, 1.807) is 6.07 Å². The number of aromatic nitrogens is 4. The highest BCUT2D eigenvalue weighted by Gasteiger charge is 2.33. The SMILES string of the molecule is O=C(Nc1ccnn1[C@@H]1CCS(=O)(=O)C1)c1ccc(-n2ccc(C(F)(F)F)n2)cc1. The molecule has 1 aromatic carbocycles. The number of sulfone groups is 1. The van der Waals surface area contributed by atoms with Crippen LogP contribution in [0.25, 0.3) is 5.69 Å². The Morgan fingerprint density at radius 1 is 1.13 bits per heavy atom. The van der Waals surface area contributed by atoms with Crippen molar-refractivity contribution in [3.8, 4) is 5.69 Å². The molecule has 1 atom stereocenters. The Morgan fingerprint density at radius 3 is 2.47 bits per heavy atom. The number of carbonyl (C=O) groups excluding carboxylic acids is 1. The van der Waals surface area contributed by atoms with E-state index < -0.39 is 27.6 Å². The number of halogens is 3. The highest BCUT2D eigenvalue weighted by atomic mass is 32.2. The van der Waals surface area contributed by atoms with Crippen molar-refractivity contribution in [3.05, 3.63) is 60.0 Å². The Balaban J connectivity index is 1.48. The highest BCUT2D eigenvalue weighted by molar-refractivity contribution is 7.91. The Kier molecular flexibility index (Phi) is 4.88. The molecule has 0 bridgehead atoms. The number of anilines is 1. The van der Waals surface area contributed by atoms with Gasteiger partial charge in [-0.2, -0.15) is 23.4 Å². The minimum absolute atomic E-state index is 0.0317. The molecule has 3 aromatic rings. The molecule has 0 aliphatic carbocycles. The minimum atomic E-state index is -4.54. The van der Waals surface area contributed by atoms with Gasteiger partial charge >= 0.3 is 6.18 Å². The minimum Gasteiger partial charge on any atom is -0.307 e. The van der Waals surface area contributed by atoms with Crippen LogP contribution < -0.4 is 5.32 Å². The molecule has 3 heterocycles. The predicted octanol–water partition coefficient (Wildman–Crippen LogP) is 2.70. The molecule has 8 nitrogen and oxygen atoms in total. The van der Waals surface area contributed by atoms with Gasteiger partial charge in [0.2, 0.25) is 0 Å². The first-order chi connectivity index (χ1) is 14.1. The van der Waals surface area contributed by atoms with Gasteiger partial charge in [0.25, 0.3) is 5.91 Å². The Labute approximate surface area is 169 Å². The van der Waals surface area contributed by atoms with E-state index in [1.807, 2.05) is 0 Å². The Bertz CT molecular complexity index is 1180. The summed E-state index contributed by atoms with van der Waals surface area (Å²) in [5.41, 5.74) is -0.372. The smallest absolute Gasteiger partial charge is 0.307 e. The fourth-order valence-electron chi connectivity index (χ4n) is 3.25. The lowest BCUT2D eigenvalue weighted by atomic mass is 10.2. The third-order valence-corrected chi connectivity index (χ3v) is 6.49. The van der Waals surface area contributed by atoms with Crippen molar-refractivity contribution in [2.45, 2.75) is 18.6 Å². The van der Waals surface area contributed by atoms with Crippen LogP contribution in [0.5, 0.6) is 0 Å². The summed E-state index contributed by atoms with van der Waals surface area (Å²) in [6, 6.07) is 7.96. The van der Waals surface area contributed by atoms with E-state index >= 15 is 0 Å². The van der Waals surface area contributed by atoms with Crippen LogP contribution in [0.2, 0.25) is 0 Å². The lowest BCUT2D eigenvalue weighted by Crippen LogP contribution is -2.19. The number of amides is 1. The van der Waals surface area contributed by atoms with Crippen molar-refractivity contribution in [3.63, 3.8) is 0 Å². The summed E-state index contributed by atoms with van der Waals surface area (Å²) < 4.78 is 64.0. The maximum Gasteiger partial charge on any atom is 0.435 e. The number of hydrogen-bond acceptors (Lipinski definition) is 5. The maximum absolute atomic E-state index is 12.7. The second kappa shape index (κ2) is 7.27. The molecule has 0 radical (unpaired) electrons. The van der Waals surface area contributed by atoms with Crippen molar-refractivity contribution >= 4 is 21.6 Å². The zero-order chi connectivity index (χ0) is 21.5. The molecule has 1 fully saturated rings. The Morgan fingerprint density at radius 2 is 1.87 bits per heavy atom. The number of carbonyl (C=O) groups is 1. The normalized spacial score (nSPS) is 18.4. The molecule has 1 amide bonds. The summed E-state index contributed by atoms with van der Waals surface area (Å²) in [6.45, 7) is 0. The first-order valence-electron chi connectivity index (χ1n) is 8.91. The van der Waals surface area contributed by atoms with Gasteiger partial charge in [0.15, 0.2) is 15.5 Å². The second-order valence-electron chi connectivity index (χ2n) is 6.86. The van der Waals surface area contributed by atoms with Gasteiger partial charge in [0, 0.05) is 17.8 Å². The van der Waals surface area contributed by atoms with Crippen LogP contribution in [0.1, 0.15) is 28.5 Å². The summed E-state index contributed by atoms with van der Waals surface area (Å²) in [6.07, 6.45) is -1.45. The largest absolute Gasteiger partial charge is 0.435 e. The van der Waals surface area contributed by atoms with Gasteiger partial charge in [-0.1, -0.05) is 0 Å². The number of hydrogen-bond donors (Lipinski definition) is 1. The van der Waals surface area contributed by atoms with Crippen LogP contribution in [0, 0.1) is 0 Å². The standard InChI is InChI=1S/C18H16F3N5O3S/c19-18(20,21)15-6-9-25(24-15)13-3-1-12(2-4-13)17(27)23-16-5-8-22-26(16)14-7-10-30(28,29)11-14/h1-6,8-9,14H,7,10-11H2,(H,23,27)/t14-/m1/s1. The van der Waals surface area contributed by atoms with E-state index in [0.717, 1.165) is 10.7 Å². The lowest BCUT2D eigenvalue weighted by molar-refractivity contribution is -0.141. The van der Waals surface area contributed by atoms with Crippen LogP contribution in [0.15, 0.2) is 48.8 Å². The van der Waals surface area contributed by atoms with E-state index in [9.17, 15) is 26.4 Å². The predicted molar refractivity (Wildman–Crippen MR) is 101 cm³/mol. The first-order valence-corrected chi connectivity index (χ1v) is 10.7. The topological polar surface area (TPSA) is 98.9 Å². The molecule has 12 heteroatoms. The highest BCUT2D eigenvalue weighted by Crippen LogP contribution is 2.28. The van der Waals surface area contributed by atoms with Gasteiger partial charge in [-0.05, 0) is 36.8 Å². The summed E-state index contributed by atoms with van der Waals surface area (Å²) in [4.78, 5) is 12.5. The van der Waals surface area contributed by atoms with Crippen molar-refractivity contribution in [1.29, 1.82) is 0 Å².